The molecule has 0 bridgehead atoms. The minimum Gasteiger partial charge on any atom is -0.459 e. The van der Waals surface area contributed by atoms with Crippen molar-refractivity contribution < 1.29 is 14.0 Å². The average Bonchev–Trinajstić information content (AvgIpc) is 3.08. The average molecular weight is 311 g/mol. The Morgan fingerprint density at radius 3 is 2.48 bits per heavy atom. The summed E-state index contributed by atoms with van der Waals surface area (Å²) in [5.74, 6) is 0.473. The number of Topliss-reactive ketones (excluding diaryl/α,β-unsaturated/α-hetero) is 1. The molecule has 0 radical (unpaired) electrons. The van der Waals surface area contributed by atoms with E-state index >= 15 is 0 Å². The first kappa shape index (κ1) is 15.5. The Morgan fingerprint density at radius 2 is 1.87 bits per heavy atom. The van der Waals surface area contributed by atoms with Crippen molar-refractivity contribution in [2.75, 3.05) is 13.1 Å². The maximum absolute atomic E-state index is 12.7. The molecule has 0 aliphatic carbocycles. The van der Waals surface area contributed by atoms with Crippen LogP contribution < -0.4 is 0 Å². The lowest BCUT2D eigenvalue weighted by molar-refractivity contribution is 0.0624. The van der Waals surface area contributed by atoms with Gasteiger partial charge in [-0.15, -0.1) is 0 Å². The van der Waals surface area contributed by atoms with Crippen LogP contribution in [0.3, 0.4) is 0 Å². The number of amides is 1. The second-order valence-electron chi connectivity index (χ2n) is 6.23. The third kappa shape index (κ3) is 3.21. The predicted molar refractivity (Wildman–Crippen MR) is 87.6 cm³/mol. The summed E-state index contributed by atoms with van der Waals surface area (Å²) in [6.07, 6.45) is 2.92. The molecule has 1 amide bonds. The van der Waals surface area contributed by atoms with Gasteiger partial charge < -0.3 is 9.32 Å². The minimum atomic E-state index is -0.0904. The summed E-state index contributed by atoms with van der Waals surface area (Å²) in [6, 6.07) is 9.34. The first-order valence-corrected chi connectivity index (χ1v) is 8.00. The van der Waals surface area contributed by atoms with E-state index in [9.17, 15) is 9.59 Å². The number of furan rings is 1. The van der Waals surface area contributed by atoms with Gasteiger partial charge in [0, 0.05) is 24.6 Å². The molecule has 1 saturated heterocycles. The molecule has 1 fully saturated rings. The Labute approximate surface area is 136 Å². The van der Waals surface area contributed by atoms with Crippen LogP contribution in [0.5, 0.6) is 0 Å². The van der Waals surface area contributed by atoms with Crippen LogP contribution in [0.25, 0.3) is 0 Å². The van der Waals surface area contributed by atoms with Gasteiger partial charge in [-0.25, -0.2) is 0 Å². The van der Waals surface area contributed by atoms with Crippen LogP contribution >= 0.6 is 0 Å². The standard InChI is InChI=1S/C19H21NO3/c1-13-5-6-16(14(2)12-13)18(21)15-7-9-20(10-8-15)19(22)17-4-3-11-23-17/h3-6,11-12,15H,7-10H2,1-2H3. The number of nitrogens with zero attached hydrogens (tertiary/aromatic N) is 1. The Morgan fingerprint density at radius 1 is 1.13 bits per heavy atom. The van der Waals surface area contributed by atoms with Gasteiger partial charge in [0.1, 0.15) is 0 Å². The minimum absolute atomic E-state index is 0.00272. The van der Waals surface area contributed by atoms with Gasteiger partial charge in [0.2, 0.25) is 0 Å². The van der Waals surface area contributed by atoms with Crippen LogP contribution in [-0.2, 0) is 0 Å². The zero-order valence-electron chi connectivity index (χ0n) is 13.5. The third-order valence-corrected chi connectivity index (χ3v) is 4.53. The molecule has 1 aromatic carbocycles. The van der Waals surface area contributed by atoms with Crippen molar-refractivity contribution in [2.45, 2.75) is 26.7 Å². The second kappa shape index (κ2) is 6.41. The molecule has 0 N–H and O–H groups in total. The summed E-state index contributed by atoms with van der Waals surface area (Å²) in [6.45, 7) is 5.21. The van der Waals surface area contributed by atoms with E-state index < -0.39 is 0 Å². The lowest BCUT2D eigenvalue weighted by Crippen LogP contribution is -2.40. The molecule has 1 aliphatic heterocycles. The van der Waals surface area contributed by atoms with Gasteiger partial charge in [-0.1, -0.05) is 23.8 Å². The molecule has 0 atom stereocenters. The number of carbonyl (C=O) groups excluding carboxylic acids is 2. The fourth-order valence-electron chi connectivity index (χ4n) is 3.21. The summed E-state index contributed by atoms with van der Waals surface area (Å²) in [4.78, 5) is 26.7. The lowest BCUT2D eigenvalue weighted by atomic mass is 9.87. The van der Waals surface area contributed by atoms with Crippen molar-refractivity contribution >= 4 is 11.7 Å². The topological polar surface area (TPSA) is 50.5 Å². The largest absolute Gasteiger partial charge is 0.459 e. The highest BCUT2D eigenvalue weighted by atomic mass is 16.3. The number of likely N-dealkylation sites (tertiary alicyclic amines) is 1. The zero-order valence-corrected chi connectivity index (χ0v) is 13.5. The SMILES string of the molecule is Cc1ccc(C(=O)C2CCN(C(=O)c3ccco3)CC2)c(C)c1. The monoisotopic (exact) mass is 311 g/mol. The van der Waals surface area contributed by atoms with E-state index in [0.29, 0.717) is 31.7 Å². The molecule has 1 aromatic heterocycles. The van der Waals surface area contributed by atoms with E-state index in [2.05, 4.69) is 0 Å². The molecule has 0 unspecified atom stereocenters. The molecule has 2 aromatic rings. The maximum Gasteiger partial charge on any atom is 0.289 e. The number of benzene rings is 1. The highest BCUT2D eigenvalue weighted by molar-refractivity contribution is 5.99. The van der Waals surface area contributed by atoms with Crippen LogP contribution in [0, 0.1) is 19.8 Å². The van der Waals surface area contributed by atoms with Crippen LogP contribution in [0.4, 0.5) is 0 Å². The van der Waals surface area contributed by atoms with E-state index in [-0.39, 0.29) is 17.6 Å². The summed E-state index contributed by atoms with van der Waals surface area (Å²) in [5.41, 5.74) is 3.01. The molecule has 4 heteroatoms. The van der Waals surface area contributed by atoms with Gasteiger partial charge in [-0.2, -0.15) is 0 Å². The Balaban J connectivity index is 1.64. The molecule has 0 spiro atoms. The number of hydrogen-bond donors (Lipinski definition) is 0. The van der Waals surface area contributed by atoms with Crippen LogP contribution in [0.1, 0.15) is 44.9 Å². The molecule has 3 rings (SSSR count). The molecule has 23 heavy (non-hydrogen) atoms. The zero-order chi connectivity index (χ0) is 16.4. The van der Waals surface area contributed by atoms with E-state index in [4.69, 9.17) is 4.42 Å². The molecule has 120 valence electrons. The van der Waals surface area contributed by atoms with Crippen molar-refractivity contribution in [3.8, 4) is 0 Å². The third-order valence-electron chi connectivity index (χ3n) is 4.53. The molecule has 2 heterocycles. The van der Waals surface area contributed by atoms with Gasteiger partial charge in [0.05, 0.1) is 6.26 Å². The van der Waals surface area contributed by atoms with Gasteiger partial charge in [-0.3, -0.25) is 9.59 Å². The molecule has 1 aliphatic rings. The number of rotatable bonds is 3. The molecule has 4 nitrogen and oxygen atoms in total. The Kier molecular flexibility index (Phi) is 4.33. The Bertz CT molecular complexity index is 710. The highest BCUT2D eigenvalue weighted by Gasteiger charge is 2.29. The predicted octanol–water partition coefficient (Wildman–Crippen LogP) is 3.63. The van der Waals surface area contributed by atoms with Crippen molar-refractivity contribution in [1.82, 2.24) is 4.90 Å². The quantitative estimate of drug-likeness (QED) is 0.813. The maximum atomic E-state index is 12.7. The first-order valence-electron chi connectivity index (χ1n) is 8.00. The van der Waals surface area contributed by atoms with E-state index in [1.807, 2.05) is 32.0 Å². The van der Waals surface area contributed by atoms with Crippen molar-refractivity contribution in [1.29, 1.82) is 0 Å². The molecule has 0 saturated carbocycles. The fourth-order valence-corrected chi connectivity index (χ4v) is 3.21. The molecular weight excluding hydrogens is 290 g/mol. The summed E-state index contributed by atoms with van der Waals surface area (Å²) >= 11 is 0. The Hall–Kier alpha value is -2.36. The number of ketones is 1. The van der Waals surface area contributed by atoms with E-state index in [1.54, 1.807) is 17.0 Å². The van der Waals surface area contributed by atoms with Gasteiger partial charge in [0.15, 0.2) is 11.5 Å². The van der Waals surface area contributed by atoms with Gasteiger partial charge in [-0.05, 0) is 44.4 Å². The first-order chi connectivity index (χ1) is 11.1. The normalized spacial score (nSPS) is 15.7. The smallest absolute Gasteiger partial charge is 0.289 e. The van der Waals surface area contributed by atoms with Crippen molar-refractivity contribution in [3.05, 3.63) is 59.0 Å². The summed E-state index contributed by atoms with van der Waals surface area (Å²) in [5, 5.41) is 0. The fraction of sp³-hybridized carbons (Fsp3) is 0.368. The van der Waals surface area contributed by atoms with Crippen molar-refractivity contribution in [2.24, 2.45) is 5.92 Å². The summed E-state index contributed by atoms with van der Waals surface area (Å²) in [7, 11) is 0. The van der Waals surface area contributed by atoms with Crippen LogP contribution in [-0.4, -0.2) is 29.7 Å². The van der Waals surface area contributed by atoms with E-state index in [1.165, 1.54) is 6.26 Å². The van der Waals surface area contributed by atoms with Gasteiger partial charge >= 0.3 is 0 Å². The number of hydrogen-bond acceptors (Lipinski definition) is 3. The van der Waals surface area contributed by atoms with Gasteiger partial charge in [0.25, 0.3) is 5.91 Å². The second-order valence-corrected chi connectivity index (χ2v) is 6.23. The van der Waals surface area contributed by atoms with Crippen LogP contribution in [0.2, 0.25) is 0 Å². The summed E-state index contributed by atoms with van der Waals surface area (Å²) < 4.78 is 5.16. The number of piperidine rings is 1. The number of carbonyl (C=O) groups is 2. The van der Waals surface area contributed by atoms with Crippen molar-refractivity contribution in [3.63, 3.8) is 0 Å². The van der Waals surface area contributed by atoms with Crippen LogP contribution in [0.15, 0.2) is 41.0 Å². The lowest BCUT2D eigenvalue weighted by Gasteiger charge is -2.31. The number of aryl methyl sites for hydroxylation is 2. The van der Waals surface area contributed by atoms with E-state index in [0.717, 1.165) is 16.7 Å². The molecular formula is C19H21NO3. The highest BCUT2D eigenvalue weighted by Crippen LogP contribution is 2.24.